The highest BCUT2D eigenvalue weighted by molar-refractivity contribution is 8.00. The lowest BCUT2D eigenvalue weighted by Gasteiger charge is -2.59. The van der Waals surface area contributed by atoms with Crippen LogP contribution in [0.1, 0.15) is 97.0 Å². The van der Waals surface area contributed by atoms with E-state index in [4.69, 9.17) is 44.9 Å². The minimum absolute atomic E-state index is 0.00156. The molecule has 1 saturated carbocycles. The molecule has 6 aliphatic heterocycles. The summed E-state index contributed by atoms with van der Waals surface area (Å²) in [7, 11) is 4.44. The number of carbonyl (C=O) groups excluding carboxylic acids is 8. The van der Waals surface area contributed by atoms with Crippen molar-refractivity contribution in [3.8, 4) is 5.75 Å². The van der Waals surface area contributed by atoms with Crippen LogP contribution in [0.15, 0.2) is 35.9 Å². The van der Waals surface area contributed by atoms with Crippen LogP contribution in [0, 0.1) is 11.8 Å². The van der Waals surface area contributed by atoms with Gasteiger partial charge in [-0.2, -0.15) is 0 Å². The summed E-state index contributed by atoms with van der Waals surface area (Å²) in [6, 6.07) is 3.55. The summed E-state index contributed by atoms with van der Waals surface area (Å²) < 4.78 is 35.1. The van der Waals surface area contributed by atoms with Gasteiger partial charge in [0.15, 0.2) is 5.72 Å². The minimum atomic E-state index is -1.89. The summed E-state index contributed by atoms with van der Waals surface area (Å²) in [6.45, 7) is 5.20. The van der Waals surface area contributed by atoms with Crippen molar-refractivity contribution in [2.45, 2.75) is 138 Å². The Morgan fingerprint density at radius 3 is 2.35 bits per heavy atom. The zero-order valence-corrected chi connectivity index (χ0v) is 42.4. The fourth-order valence-electron chi connectivity index (χ4n) is 10.3. The molecule has 4 saturated heterocycles. The standard InChI is InChI=1S/C49H63ClN4O16S/c1-28-9-7-10-35(65-6)49(63)24-37(68-46(62)51-49)48(3)27-47(2,70-48)36(23-40(57)52(4)32-20-30(19-28)21-33(64-5)43(32)50)67-42(59)26-66-17-8-18-71-34-22-41(58)53(44(34)60)25-29-11-13-31(14-12-29)45(61)69-54-38(55)15-16-39(54)56/h7,9-10,20-21,29,31,34-37,63H,8,11-19,22-27H2,1-6H3,(H,51,62)/b10-7+,28-9+/t29?,31?,34?,35-,36+,37+,47-,48?,49+/m1/s1. The van der Waals surface area contributed by atoms with Crippen LogP contribution in [0.4, 0.5) is 10.5 Å². The third-order valence-corrected chi connectivity index (χ3v) is 15.8. The summed E-state index contributed by atoms with van der Waals surface area (Å²) in [5.74, 6) is -3.16. The van der Waals surface area contributed by atoms with Gasteiger partial charge in [-0.25, -0.2) is 14.4 Å². The number of benzene rings is 1. The second-order valence-electron chi connectivity index (χ2n) is 19.6. The third-order valence-electron chi connectivity index (χ3n) is 14.1. The summed E-state index contributed by atoms with van der Waals surface area (Å²) >= 11 is 8.11. The summed E-state index contributed by atoms with van der Waals surface area (Å²) in [4.78, 5) is 111. The van der Waals surface area contributed by atoms with Crippen LogP contribution in [0.25, 0.3) is 0 Å². The number of halogens is 1. The van der Waals surface area contributed by atoms with E-state index in [2.05, 4.69) is 5.32 Å². The van der Waals surface area contributed by atoms with Gasteiger partial charge in [-0.1, -0.05) is 35.4 Å². The lowest BCUT2D eigenvalue weighted by Crippen LogP contribution is -2.72. The van der Waals surface area contributed by atoms with Crippen molar-refractivity contribution < 1.29 is 76.7 Å². The predicted octanol–water partition coefficient (Wildman–Crippen LogP) is 4.49. The SMILES string of the molecule is COc1cc2cc(c1Cl)N(C)C(=O)C[C@H](OC(=O)COCCCSC1CC(=O)N(CC3CCC(C(=O)ON4C(=O)CCC4=O)CC3)C1=O)[C@@]1(C)CC(C)(O1)[C@@H]1C[C@@](O)(NC(=O)O1)[C@H](OC)/C=C/C=C(\C)C2. The minimum Gasteiger partial charge on any atom is -0.495 e. The number of imide groups is 2. The monoisotopic (exact) mass is 1030 g/mol. The van der Waals surface area contributed by atoms with Crippen molar-refractivity contribution >= 4 is 76.6 Å². The van der Waals surface area contributed by atoms with Gasteiger partial charge in [0, 0.05) is 59.4 Å². The second kappa shape index (κ2) is 22.4. The van der Waals surface area contributed by atoms with Crippen molar-refractivity contribution in [1.82, 2.24) is 15.3 Å². The Morgan fingerprint density at radius 2 is 1.68 bits per heavy atom. The van der Waals surface area contributed by atoms with E-state index in [1.165, 1.54) is 35.8 Å². The van der Waals surface area contributed by atoms with Gasteiger partial charge in [0.1, 0.15) is 46.9 Å². The number of amides is 6. The molecule has 0 aromatic heterocycles. The van der Waals surface area contributed by atoms with Crippen LogP contribution in [0.3, 0.4) is 0 Å². The second-order valence-corrected chi connectivity index (χ2v) is 21.3. The first-order valence-corrected chi connectivity index (χ1v) is 25.3. The number of fused-ring (bicyclic) bond motifs is 6. The fourth-order valence-corrected chi connectivity index (χ4v) is 11.7. The molecule has 388 valence electrons. The van der Waals surface area contributed by atoms with Crippen LogP contribution in [0.2, 0.25) is 5.02 Å². The summed E-state index contributed by atoms with van der Waals surface area (Å²) in [5.41, 5.74) is -2.29. The van der Waals surface area contributed by atoms with Crippen LogP contribution < -0.4 is 15.0 Å². The number of carbonyl (C=O) groups is 8. The highest BCUT2D eigenvalue weighted by atomic mass is 35.5. The van der Waals surface area contributed by atoms with E-state index >= 15 is 0 Å². The van der Waals surface area contributed by atoms with Crippen molar-refractivity contribution in [3.05, 3.63) is 46.5 Å². The Kier molecular flexibility index (Phi) is 16.9. The zero-order chi connectivity index (χ0) is 51.4. The molecule has 6 heterocycles. The first-order chi connectivity index (χ1) is 33.6. The molecule has 71 heavy (non-hydrogen) atoms. The molecule has 2 N–H and O–H groups in total. The first kappa shape index (κ1) is 53.7. The number of likely N-dealkylation sites (tertiary alicyclic amines) is 1. The number of rotatable bonds is 14. The molecule has 7 aliphatic rings. The van der Waals surface area contributed by atoms with Crippen molar-refractivity contribution in [3.63, 3.8) is 0 Å². The molecular formula is C49H63ClN4O16S. The fraction of sp³-hybridized carbons (Fsp3) is 0.633. The van der Waals surface area contributed by atoms with Gasteiger partial charge in [0.05, 0.1) is 30.4 Å². The van der Waals surface area contributed by atoms with Gasteiger partial charge in [0.25, 0.3) is 11.8 Å². The Morgan fingerprint density at radius 1 is 0.972 bits per heavy atom. The maximum absolute atomic E-state index is 14.2. The third kappa shape index (κ3) is 12.2. The zero-order valence-electron chi connectivity index (χ0n) is 40.9. The van der Waals surface area contributed by atoms with Crippen LogP contribution in [-0.4, -0.2) is 150 Å². The first-order valence-electron chi connectivity index (χ1n) is 23.9. The molecule has 2 unspecified atom stereocenters. The van der Waals surface area contributed by atoms with Gasteiger partial charge in [-0.3, -0.25) is 34.2 Å². The van der Waals surface area contributed by atoms with E-state index in [9.17, 15) is 43.5 Å². The topological polar surface area (TPSA) is 243 Å². The van der Waals surface area contributed by atoms with Crippen LogP contribution >= 0.6 is 23.4 Å². The summed E-state index contributed by atoms with van der Waals surface area (Å²) in [6.07, 6.45) is 3.85. The molecule has 8 rings (SSSR count). The molecular weight excluding hydrogens is 968 g/mol. The lowest BCUT2D eigenvalue weighted by molar-refractivity contribution is -0.328. The van der Waals surface area contributed by atoms with E-state index in [0.717, 1.165) is 11.1 Å². The molecule has 7 atom stereocenters. The largest absolute Gasteiger partial charge is 0.495 e. The number of thioether (sulfide) groups is 1. The Hall–Kier alpha value is -5.06. The van der Waals surface area contributed by atoms with E-state index in [-0.39, 0.29) is 74.4 Å². The molecule has 1 aliphatic carbocycles. The number of methoxy groups -OCH3 is 2. The number of ether oxygens (including phenoxy) is 6. The Labute approximate surface area is 421 Å². The van der Waals surface area contributed by atoms with E-state index < -0.39 is 88.8 Å². The van der Waals surface area contributed by atoms with Crippen molar-refractivity contribution in [2.75, 3.05) is 51.7 Å². The number of aliphatic hydroxyl groups is 1. The van der Waals surface area contributed by atoms with Crippen LogP contribution in [0.5, 0.6) is 5.75 Å². The quantitative estimate of drug-likeness (QED) is 0.148. The van der Waals surface area contributed by atoms with E-state index in [0.29, 0.717) is 60.8 Å². The summed E-state index contributed by atoms with van der Waals surface area (Å²) in [5, 5.41) is 14.5. The Balaban J connectivity index is 0.935. The van der Waals surface area contributed by atoms with Gasteiger partial charge >= 0.3 is 18.0 Å². The number of allylic oxidation sites excluding steroid dienone is 3. The number of hydrogen-bond donors (Lipinski definition) is 2. The van der Waals surface area contributed by atoms with Crippen LogP contribution in [-0.2, 0) is 68.5 Å². The maximum Gasteiger partial charge on any atom is 0.409 e. The number of hydrogen-bond acceptors (Lipinski definition) is 17. The average Bonchev–Trinajstić information content (AvgIpc) is 3.77. The number of anilines is 1. The number of esters is 1. The molecule has 0 spiro atoms. The van der Waals surface area contributed by atoms with Crippen molar-refractivity contribution in [2.24, 2.45) is 11.8 Å². The van der Waals surface area contributed by atoms with Gasteiger partial charge in [-0.05, 0) is 88.7 Å². The Bertz CT molecular complexity index is 2320. The predicted molar refractivity (Wildman–Crippen MR) is 254 cm³/mol. The molecule has 6 bridgehead atoms. The molecule has 5 fully saturated rings. The molecule has 1 aromatic rings. The maximum atomic E-state index is 14.2. The van der Waals surface area contributed by atoms with Gasteiger partial charge < -0.3 is 43.3 Å². The molecule has 0 radical (unpaired) electrons. The lowest BCUT2D eigenvalue weighted by atomic mass is 9.72. The number of hydroxylamine groups is 2. The van der Waals surface area contributed by atoms with Crippen molar-refractivity contribution in [1.29, 1.82) is 0 Å². The smallest absolute Gasteiger partial charge is 0.409 e. The van der Waals surface area contributed by atoms with E-state index in [1.54, 1.807) is 45.2 Å². The van der Waals surface area contributed by atoms with Gasteiger partial charge in [-0.15, -0.1) is 16.8 Å². The number of alkyl carbamates (subject to hydrolysis) is 1. The molecule has 20 nitrogen and oxygen atoms in total. The average molecular weight is 1030 g/mol. The number of nitrogens with zero attached hydrogens (tertiary/aromatic N) is 3. The molecule has 22 heteroatoms. The number of nitrogens with one attached hydrogen (secondary N) is 1. The highest BCUT2D eigenvalue weighted by Gasteiger charge is 2.63. The highest BCUT2D eigenvalue weighted by Crippen LogP contribution is 2.50. The van der Waals surface area contributed by atoms with Gasteiger partial charge in [0.2, 0.25) is 17.7 Å². The van der Waals surface area contributed by atoms with E-state index in [1.807, 2.05) is 13.0 Å². The normalized spacial score (nSPS) is 32.7. The molecule has 6 amide bonds. The molecule has 1 aromatic carbocycles.